The Bertz CT molecular complexity index is 802. The maximum atomic E-state index is 12.7. The molecule has 0 spiro atoms. The van der Waals surface area contributed by atoms with E-state index in [4.69, 9.17) is 16.3 Å². The molecule has 9 heteroatoms. The van der Waals surface area contributed by atoms with Crippen LogP contribution in [0.5, 0.6) is 0 Å². The number of alkyl halides is 3. The van der Waals surface area contributed by atoms with E-state index < -0.39 is 17.8 Å². The van der Waals surface area contributed by atoms with E-state index in [0.29, 0.717) is 19.5 Å². The first-order chi connectivity index (χ1) is 12.8. The van der Waals surface area contributed by atoms with Crippen LogP contribution in [0.15, 0.2) is 42.6 Å². The zero-order chi connectivity index (χ0) is 19.4. The van der Waals surface area contributed by atoms with Crippen molar-refractivity contribution >= 4 is 23.5 Å². The Kier molecular flexibility index (Phi) is 5.74. The van der Waals surface area contributed by atoms with Gasteiger partial charge in [-0.1, -0.05) is 41.9 Å². The quantitative estimate of drug-likeness (QED) is 0.834. The Labute approximate surface area is 159 Å². The van der Waals surface area contributed by atoms with Crippen LogP contribution in [0.3, 0.4) is 0 Å². The molecule has 0 saturated carbocycles. The van der Waals surface area contributed by atoms with Gasteiger partial charge in [-0.25, -0.2) is 9.78 Å². The first kappa shape index (κ1) is 19.3. The lowest BCUT2D eigenvalue weighted by atomic mass is 10.2. The van der Waals surface area contributed by atoms with Crippen LogP contribution >= 0.6 is 11.6 Å². The Morgan fingerprint density at radius 2 is 2.07 bits per heavy atom. The Balaban J connectivity index is 1.53. The normalized spacial score (nSPS) is 17.0. The van der Waals surface area contributed by atoms with Crippen LogP contribution in [0.25, 0.3) is 0 Å². The highest BCUT2D eigenvalue weighted by atomic mass is 35.5. The molecule has 1 unspecified atom stereocenters. The van der Waals surface area contributed by atoms with Crippen LogP contribution in [-0.2, 0) is 17.5 Å². The predicted molar refractivity (Wildman–Crippen MR) is 94.6 cm³/mol. The highest BCUT2D eigenvalue weighted by Gasteiger charge is 2.33. The third-order valence-corrected chi connectivity index (χ3v) is 4.45. The Morgan fingerprint density at radius 3 is 2.74 bits per heavy atom. The number of pyridine rings is 1. The van der Waals surface area contributed by atoms with E-state index in [0.717, 1.165) is 17.8 Å². The van der Waals surface area contributed by atoms with Crippen LogP contribution < -0.4 is 10.2 Å². The van der Waals surface area contributed by atoms with Gasteiger partial charge in [-0.3, -0.25) is 0 Å². The minimum atomic E-state index is -4.49. The van der Waals surface area contributed by atoms with Gasteiger partial charge in [0.1, 0.15) is 12.4 Å². The molecule has 1 N–H and O–H groups in total. The summed E-state index contributed by atoms with van der Waals surface area (Å²) in [4.78, 5) is 17.5. The van der Waals surface area contributed by atoms with Gasteiger partial charge < -0.3 is 15.0 Å². The fourth-order valence-corrected chi connectivity index (χ4v) is 3.11. The van der Waals surface area contributed by atoms with E-state index in [1.807, 2.05) is 30.3 Å². The van der Waals surface area contributed by atoms with Crippen LogP contribution in [-0.4, -0.2) is 30.2 Å². The summed E-state index contributed by atoms with van der Waals surface area (Å²) in [5.74, 6) is 0.270. The van der Waals surface area contributed by atoms with Gasteiger partial charge in [-0.05, 0) is 18.1 Å². The number of nitrogens with one attached hydrogen (secondary N) is 1. The van der Waals surface area contributed by atoms with Gasteiger partial charge in [0.05, 0.1) is 16.6 Å². The number of amides is 1. The molecule has 1 aromatic heterocycles. The number of nitrogens with zero attached hydrogens (tertiary/aromatic N) is 2. The number of alkyl carbamates (subject to hydrolysis) is 1. The van der Waals surface area contributed by atoms with Gasteiger partial charge >= 0.3 is 12.3 Å². The molecule has 1 aliphatic heterocycles. The molecule has 1 fully saturated rings. The van der Waals surface area contributed by atoms with Gasteiger partial charge in [-0.2, -0.15) is 13.2 Å². The van der Waals surface area contributed by atoms with Crippen molar-refractivity contribution < 1.29 is 22.7 Å². The smallest absolute Gasteiger partial charge is 0.417 e. The average molecular weight is 400 g/mol. The monoisotopic (exact) mass is 399 g/mol. The summed E-state index contributed by atoms with van der Waals surface area (Å²) in [5.41, 5.74) is -0.0175. The van der Waals surface area contributed by atoms with E-state index in [2.05, 4.69) is 10.3 Å². The molecule has 1 saturated heterocycles. The zero-order valence-corrected chi connectivity index (χ0v) is 14.9. The molecule has 2 aromatic rings. The van der Waals surface area contributed by atoms with Crippen LogP contribution in [0.2, 0.25) is 5.02 Å². The highest BCUT2D eigenvalue weighted by Crippen LogP contribution is 2.34. The van der Waals surface area contributed by atoms with Gasteiger partial charge in [0.2, 0.25) is 0 Å². The maximum absolute atomic E-state index is 12.7. The molecule has 1 amide bonds. The third kappa shape index (κ3) is 5.03. The van der Waals surface area contributed by atoms with E-state index in [1.165, 1.54) is 0 Å². The number of halogens is 4. The van der Waals surface area contributed by atoms with E-state index in [9.17, 15) is 18.0 Å². The van der Waals surface area contributed by atoms with Crippen molar-refractivity contribution in [2.75, 3.05) is 18.0 Å². The van der Waals surface area contributed by atoms with E-state index in [-0.39, 0.29) is 23.5 Å². The second kappa shape index (κ2) is 8.04. The van der Waals surface area contributed by atoms with E-state index >= 15 is 0 Å². The van der Waals surface area contributed by atoms with Crippen molar-refractivity contribution in [2.45, 2.75) is 25.2 Å². The van der Waals surface area contributed by atoms with E-state index in [1.54, 1.807) is 4.90 Å². The molecule has 0 radical (unpaired) electrons. The van der Waals surface area contributed by atoms with Crippen molar-refractivity contribution in [1.29, 1.82) is 0 Å². The van der Waals surface area contributed by atoms with Gasteiger partial charge in [-0.15, -0.1) is 0 Å². The van der Waals surface area contributed by atoms with Crippen molar-refractivity contribution in [2.24, 2.45) is 0 Å². The number of rotatable bonds is 4. The molecule has 0 aliphatic carbocycles. The summed E-state index contributed by atoms with van der Waals surface area (Å²) in [6.45, 7) is 1.07. The van der Waals surface area contributed by atoms with Crippen LogP contribution in [0, 0.1) is 0 Å². The highest BCUT2D eigenvalue weighted by molar-refractivity contribution is 6.33. The predicted octanol–water partition coefficient (Wildman–Crippen LogP) is 4.26. The van der Waals surface area contributed by atoms with Crippen molar-refractivity contribution in [1.82, 2.24) is 10.3 Å². The second-order valence-corrected chi connectivity index (χ2v) is 6.57. The number of hydrogen-bond acceptors (Lipinski definition) is 4. The minimum absolute atomic E-state index is 0.0721. The maximum Gasteiger partial charge on any atom is 0.417 e. The standard InChI is InChI=1S/C18H17ClF3N3O2/c19-15-8-13(18(20,21)22)9-23-16(15)25-7-6-14(10-25)24-17(26)27-11-12-4-2-1-3-5-12/h1-5,8-9,14H,6-7,10-11H2,(H,24,26). The summed E-state index contributed by atoms with van der Waals surface area (Å²) in [6, 6.07) is 9.94. The number of hydrogen-bond donors (Lipinski definition) is 1. The second-order valence-electron chi connectivity index (χ2n) is 6.16. The molecule has 27 heavy (non-hydrogen) atoms. The molecule has 1 atom stereocenters. The van der Waals surface area contributed by atoms with Crippen molar-refractivity contribution in [3.63, 3.8) is 0 Å². The lowest BCUT2D eigenvalue weighted by Crippen LogP contribution is -2.37. The van der Waals surface area contributed by atoms with Crippen molar-refractivity contribution in [3.8, 4) is 0 Å². The molecule has 5 nitrogen and oxygen atoms in total. The largest absolute Gasteiger partial charge is 0.445 e. The summed E-state index contributed by atoms with van der Waals surface area (Å²) in [7, 11) is 0. The number of carbonyl (C=O) groups excluding carboxylic acids is 1. The Morgan fingerprint density at radius 1 is 1.33 bits per heavy atom. The lowest BCUT2D eigenvalue weighted by Gasteiger charge is -2.20. The number of anilines is 1. The van der Waals surface area contributed by atoms with Gasteiger partial charge in [0.25, 0.3) is 0 Å². The molecular weight excluding hydrogens is 383 g/mol. The molecule has 3 rings (SSSR count). The molecule has 2 heterocycles. The molecule has 1 aliphatic rings. The summed E-state index contributed by atoms with van der Waals surface area (Å²) < 4.78 is 43.3. The SMILES string of the molecule is O=C(NC1CCN(c2ncc(C(F)(F)F)cc2Cl)C1)OCc1ccccc1. The van der Waals surface area contributed by atoms with Crippen LogP contribution in [0.1, 0.15) is 17.5 Å². The zero-order valence-electron chi connectivity index (χ0n) is 14.2. The summed E-state index contributed by atoms with van der Waals surface area (Å²) >= 11 is 5.97. The molecule has 0 bridgehead atoms. The summed E-state index contributed by atoms with van der Waals surface area (Å²) in [5, 5.41) is 2.68. The van der Waals surface area contributed by atoms with Crippen LogP contribution in [0.4, 0.5) is 23.8 Å². The molecule has 144 valence electrons. The number of benzene rings is 1. The molecular formula is C18H17ClF3N3O2. The Hall–Kier alpha value is -2.48. The molecule has 1 aromatic carbocycles. The minimum Gasteiger partial charge on any atom is -0.445 e. The first-order valence-electron chi connectivity index (χ1n) is 8.28. The number of carbonyl (C=O) groups is 1. The fraction of sp³-hybridized carbons (Fsp3) is 0.333. The average Bonchev–Trinajstić information content (AvgIpc) is 3.08. The van der Waals surface area contributed by atoms with Gasteiger partial charge in [0.15, 0.2) is 0 Å². The number of aromatic nitrogens is 1. The first-order valence-corrected chi connectivity index (χ1v) is 8.65. The van der Waals surface area contributed by atoms with Gasteiger partial charge in [0, 0.05) is 19.3 Å². The topological polar surface area (TPSA) is 54.5 Å². The lowest BCUT2D eigenvalue weighted by molar-refractivity contribution is -0.137. The summed E-state index contributed by atoms with van der Waals surface area (Å²) in [6.07, 6.45) is -3.67. The third-order valence-electron chi connectivity index (χ3n) is 4.17. The number of ether oxygens (including phenoxy) is 1. The van der Waals surface area contributed by atoms with Crippen molar-refractivity contribution in [3.05, 3.63) is 58.7 Å². The fourth-order valence-electron chi connectivity index (χ4n) is 2.82.